The van der Waals surface area contributed by atoms with E-state index < -0.39 is 0 Å². The summed E-state index contributed by atoms with van der Waals surface area (Å²) in [6.07, 6.45) is 0. The third-order valence-electron chi connectivity index (χ3n) is 3.55. The fourth-order valence-electron chi connectivity index (χ4n) is 2.57. The van der Waals surface area contributed by atoms with Gasteiger partial charge in [-0.05, 0) is 12.5 Å². The van der Waals surface area contributed by atoms with Crippen molar-refractivity contribution in [3.63, 3.8) is 0 Å². The highest BCUT2D eigenvalue weighted by Crippen LogP contribution is 2.39. The van der Waals surface area contributed by atoms with E-state index in [4.69, 9.17) is 0 Å². The summed E-state index contributed by atoms with van der Waals surface area (Å²) in [5.41, 5.74) is 3.71. The standard InChI is InChI=1S/C18H13N3O/c1-12(22)15-16(13-8-4-2-5-9-13)20-17(18(15)21-19)14-10-6-3-7-11-14/h2-11H,1H3/p+1. The number of diazo groups is 1. The summed E-state index contributed by atoms with van der Waals surface area (Å²) in [6.45, 7) is 1.47. The van der Waals surface area contributed by atoms with Gasteiger partial charge in [0.25, 0.3) is 0 Å². The SMILES string of the molecule is CC(=O)c1c(-c2ccccc2)[nH]c(-c2ccccc2)c1[N+]#N. The van der Waals surface area contributed by atoms with Crippen LogP contribution in [0.25, 0.3) is 27.5 Å². The van der Waals surface area contributed by atoms with Gasteiger partial charge >= 0.3 is 5.69 Å². The molecule has 0 aliphatic heterocycles. The van der Waals surface area contributed by atoms with Crippen molar-refractivity contribution >= 4 is 11.5 Å². The number of carbonyl (C=O) groups is 1. The molecule has 22 heavy (non-hydrogen) atoms. The molecule has 0 aliphatic carbocycles. The summed E-state index contributed by atoms with van der Waals surface area (Å²) in [5.74, 6) is -0.148. The molecule has 1 aromatic heterocycles. The predicted molar refractivity (Wildman–Crippen MR) is 86.4 cm³/mol. The van der Waals surface area contributed by atoms with Crippen LogP contribution < -0.4 is 0 Å². The number of hydrogen-bond acceptors (Lipinski definition) is 2. The maximum atomic E-state index is 12.1. The summed E-state index contributed by atoms with van der Waals surface area (Å²) in [5, 5.41) is 9.42. The Morgan fingerprint density at radius 1 is 0.909 bits per heavy atom. The molecule has 0 bridgehead atoms. The van der Waals surface area contributed by atoms with Crippen LogP contribution >= 0.6 is 0 Å². The Morgan fingerprint density at radius 3 is 1.86 bits per heavy atom. The normalized spacial score (nSPS) is 10.2. The topological polar surface area (TPSA) is 61.0 Å². The Kier molecular flexibility index (Phi) is 3.55. The van der Waals surface area contributed by atoms with Gasteiger partial charge in [0.1, 0.15) is 11.3 Å². The molecule has 3 aromatic rings. The van der Waals surface area contributed by atoms with Crippen molar-refractivity contribution in [1.82, 2.24) is 4.98 Å². The second-order valence-corrected chi connectivity index (χ2v) is 4.99. The maximum Gasteiger partial charge on any atom is 0.421 e. The Morgan fingerprint density at radius 2 is 1.41 bits per heavy atom. The second kappa shape index (κ2) is 5.66. The number of rotatable bonds is 3. The maximum absolute atomic E-state index is 12.1. The number of hydrogen-bond donors (Lipinski definition) is 1. The van der Waals surface area contributed by atoms with Crippen LogP contribution in [0.4, 0.5) is 5.69 Å². The van der Waals surface area contributed by atoms with Crippen LogP contribution in [0.3, 0.4) is 0 Å². The third kappa shape index (κ3) is 2.29. The second-order valence-electron chi connectivity index (χ2n) is 4.99. The van der Waals surface area contributed by atoms with Gasteiger partial charge in [0, 0.05) is 5.56 Å². The molecule has 4 heteroatoms. The van der Waals surface area contributed by atoms with Gasteiger partial charge in [0.2, 0.25) is 5.39 Å². The molecule has 0 saturated carbocycles. The van der Waals surface area contributed by atoms with E-state index in [1.54, 1.807) is 0 Å². The molecular weight excluding hydrogens is 274 g/mol. The van der Waals surface area contributed by atoms with E-state index in [0.717, 1.165) is 11.1 Å². The zero-order valence-electron chi connectivity index (χ0n) is 12.1. The van der Waals surface area contributed by atoms with Gasteiger partial charge in [-0.25, -0.2) is 0 Å². The largest absolute Gasteiger partial charge is 0.421 e. The van der Waals surface area contributed by atoms with E-state index in [1.165, 1.54) is 6.92 Å². The van der Waals surface area contributed by atoms with Crippen LogP contribution in [0, 0.1) is 5.39 Å². The van der Waals surface area contributed by atoms with E-state index in [-0.39, 0.29) is 11.5 Å². The summed E-state index contributed by atoms with van der Waals surface area (Å²) in [7, 11) is 0. The van der Waals surface area contributed by atoms with E-state index >= 15 is 0 Å². The van der Waals surface area contributed by atoms with Gasteiger partial charge in [-0.2, -0.15) is 0 Å². The Hall–Kier alpha value is -3.19. The molecule has 0 unspecified atom stereocenters. The van der Waals surface area contributed by atoms with Crippen LogP contribution in [0.1, 0.15) is 17.3 Å². The number of benzene rings is 2. The van der Waals surface area contributed by atoms with E-state index in [9.17, 15) is 10.2 Å². The van der Waals surface area contributed by atoms with Gasteiger partial charge in [-0.15, -0.1) is 0 Å². The molecular formula is C18H14N3O+. The lowest BCUT2D eigenvalue weighted by molar-refractivity contribution is 0.101. The Bertz CT molecular complexity index is 859. The zero-order valence-corrected chi connectivity index (χ0v) is 12.1. The summed E-state index contributed by atoms with van der Waals surface area (Å²) in [4.78, 5) is 18.7. The lowest BCUT2D eigenvalue weighted by Gasteiger charge is -1.99. The first kappa shape index (κ1) is 13.8. The van der Waals surface area contributed by atoms with Crippen molar-refractivity contribution in [3.8, 4) is 22.5 Å². The smallest absolute Gasteiger partial charge is 0.347 e. The van der Waals surface area contributed by atoms with Crippen LogP contribution in [0.2, 0.25) is 0 Å². The highest BCUT2D eigenvalue weighted by atomic mass is 16.1. The van der Waals surface area contributed by atoms with Crippen molar-refractivity contribution in [2.24, 2.45) is 0 Å². The first-order chi connectivity index (χ1) is 10.7. The number of ketones is 1. The van der Waals surface area contributed by atoms with Gasteiger partial charge in [-0.1, -0.05) is 60.7 Å². The van der Waals surface area contributed by atoms with Crippen molar-refractivity contribution in [2.75, 3.05) is 0 Å². The van der Waals surface area contributed by atoms with E-state index in [1.807, 2.05) is 60.7 Å². The predicted octanol–water partition coefficient (Wildman–Crippen LogP) is 5.04. The summed E-state index contributed by atoms with van der Waals surface area (Å²) < 4.78 is 0. The van der Waals surface area contributed by atoms with Gasteiger partial charge < -0.3 is 4.98 Å². The van der Waals surface area contributed by atoms with Gasteiger partial charge in [-0.3, -0.25) is 4.79 Å². The molecule has 1 heterocycles. The molecule has 0 saturated heterocycles. The highest BCUT2D eigenvalue weighted by Gasteiger charge is 2.31. The molecule has 0 spiro atoms. The molecule has 4 nitrogen and oxygen atoms in total. The fourth-order valence-corrected chi connectivity index (χ4v) is 2.57. The molecule has 1 N–H and O–H groups in total. The van der Waals surface area contributed by atoms with Crippen LogP contribution in [-0.4, -0.2) is 10.8 Å². The monoisotopic (exact) mass is 288 g/mol. The Balaban J connectivity index is 2.31. The average molecular weight is 288 g/mol. The number of carbonyl (C=O) groups excluding carboxylic acids is 1. The number of Topliss-reactive ketones (excluding diaryl/α,β-unsaturated/α-hetero) is 1. The lowest BCUT2D eigenvalue weighted by atomic mass is 10.0. The minimum atomic E-state index is -0.148. The van der Waals surface area contributed by atoms with Crippen molar-refractivity contribution in [1.29, 1.82) is 5.39 Å². The molecule has 0 aliphatic rings. The number of aromatic amines is 1. The van der Waals surface area contributed by atoms with Gasteiger partial charge in [0.15, 0.2) is 10.8 Å². The molecule has 0 radical (unpaired) electrons. The lowest BCUT2D eigenvalue weighted by Crippen LogP contribution is -1.93. The van der Waals surface area contributed by atoms with Crippen molar-refractivity contribution in [3.05, 3.63) is 71.2 Å². The van der Waals surface area contributed by atoms with Crippen molar-refractivity contribution in [2.45, 2.75) is 6.92 Å². The third-order valence-corrected chi connectivity index (χ3v) is 3.55. The van der Waals surface area contributed by atoms with Crippen LogP contribution in [-0.2, 0) is 0 Å². The molecule has 0 fully saturated rings. The number of aromatic nitrogens is 1. The number of H-pyrrole nitrogens is 1. The average Bonchev–Trinajstić information content (AvgIpc) is 2.96. The first-order valence-electron chi connectivity index (χ1n) is 6.95. The molecule has 0 atom stereocenters. The minimum Gasteiger partial charge on any atom is -0.347 e. The quantitative estimate of drug-likeness (QED) is 0.542. The molecule has 0 amide bonds. The summed E-state index contributed by atoms with van der Waals surface area (Å²) >= 11 is 0. The Labute approximate surface area is 128 Å². The van der Waals surface area contributed by atoms with Crippen molar-refractivity contribution < 1.29 is 4.79 Å². The summed E-state index contributed by atoms with van der Waals surface area (Å²) in [6, 6.07) is 19.0. The van der Waals surface area contributed by atoms with E-state index in [2.05, 4.69) is 9.96 Å². The number of nitrogens with zero attached hydrogens (tertiary/aromatic N) is 2. The molecule has 106 valence electrons. The zero-order chi connectivity index (χ0) is 15.5. The molecule has 3 rings (SSSR count). The minimum absolute atomic E-state index is 0.148. The number of nitrogens with one attached hydrogen (secondary N) is 1. The van der Waals surface area contributed by atoms with Gasteiger partial charge in [0.05, 0.1) is 5.69 Å². The molecule has 2 aromatic carbocycles. The first-order valence-corrected chi connectivity index (χ1v) is 6.95. The van der Waals surface area contributed by atoms with E-state index in [0.29, 0.717) is 17.0 Å². The highest BCUT2D eigenvalue weighted by molar-refractivity contribution is 6.09. The van der Waals surface area contributed by atoms with Crippen LogP contribution in [0.5, 0.6) is 0 Å². The van der Waals surface area contributed by atoms with Crippen LogP contribution in [0.15, 0.2) is 60.7 Å². The fraction of sp³-hybridized carbons (Fsp3) is 0.0556.